The SMILES string of the molecule is CCOC(=O)CC1NC(=O)CNC1=O. The molecule has 0 aromatic carbocycles. The normalized spacial score (nSPS) is 21.1. The number of hydrogen-bond donors (Lipinski definition) is 2. The lowest BCUT2D eigenvalue weighted by Gasteiger charge is -2.22. The number of carbonyl (C=O) groups is 3. The standard InChI is InChI=1S/C8H12N2O4/c1-2-14-7(12)3-5-8(13)9-4-6(11)10-5/h5H,2-4H2,1H3,(H,9,13)(H,10,11). The van der Waals surface area contributed by atoms with Crippen LogP contribution < -0.4 is 10.6 Å². The Balaban J connectivity index is 2.45. The second kappa shape index (κ2) is 4.59. The number of carbonyl (C=O) groups excluding carboxylic acids is 3. The van der Waals surface area contributed by atoms with E-state index in [0.717, 1.165) is 0 Å². The molecule has 1 aliphatic rings. The largest absolute Gasteiger partial charge is 0.466 e. The molecule has 0 aromatic heterocycles. The average molecular weight is 200 g/mol. The van der Waals surface area contributed by atoms with Crippen molar-refractivity contribution in [2.75, 3.05) is 13.2 Å². The van der Waals surface area contributed by atoms with Crippen molar-refractivity contribution in [1.29, 1.82) is 0 Å². The Morgan fingerprint density at radius 3 is 2.93 bits per heavy atom. The molecule has 1 rings (SSSR count). The van der Waals surface area contributed by atoms with Crippen LogP contribution in [0.3, 0.4) is 0 Å². The average Bonchev–Trinajstić information content (AvgIpc) is 2.12. The highest BCUT2D eigenvalue weighted by molar-refractivity contribution is 5.96. The molecule has 0 bridgehead atoms. The van der Waals surface area contributed by atoms with Crippen LogP contribution in [0, 0.1) is 0 Å². The minimum absolute atomic E-state index is 0.0296. The van der Waals surface area contributed by atoms with Gasteiger partial charge in [0, 0.05) is 0 Å². The van der Waals surface area contributed by atoms with Crippen molar-refractivity contribution in [2.45, 2.75) is 19.4 Å². The summed E-state index contributed by atoms with van der Waals surface area (Å²) < 4.78 is 4.66. The van der Waals surface area contributed by atoms with Crippen LogP contribution in [0.15, 0.2) is 0 Å². The molecule has 2 N–H and O–H groups in total. The van der Waals surface area contributed by atoms with Crippen molar-refractivity contribution in [2.24, 2.45) is 0 Å². The van der Waals surface area contributed by atoms with E-state index in [0.29, 0.717) is 0 Å². The predicted octanol–water partition coefficient (Wildman–Crippen LogP) is -1.45. The number of nitrogens with one attached hydrogen (secondary N) is 2. The maximum Gasteiger partial charge on any atom is 0.308 e. The van der Waals surface area contributed by atoms with E-state index >= 15 is 0 Å². The van der Waals surface area contributed by atoms with Crippen molar-refractivity contribution in [3.63, 3.8) is 0 Å². The fourth-order valence-electron chi connectivity index (χ4n) is 1.13. The summed E-state index contributed by atoms with van der Waals surface area (Å²) in [7, 11) is 0. The molecular formula is C8H12N2O4. The maximum absolute atomic E-state index is 11.1. The molecule has 14 heavy (non-hydrogen) atoms. The molecule has 2 amide bonds. The van der Waals surface area contributed by atoms with Crippen LogP contribution in [0.2, 0.25) is 0 Å². The molecule has 1 atom stereocenters. The number of piperazine rings is 1. The molecule has 1 heterocycles. The first-order chi connectivity index (χ1) is 6.63. The molecule has 0 saturated carbocycles. The van der Waals surface area contributed by atoms with E-state index in [-0.39, 0.29) is 31.4 Å². The van der Waals surface area contributed by atoms with Crippen molar-refractivity contribution in [1.82, 2.24) is 10.6 Å². The third-order valence-electron chi connectivity index (χ3n) is 1.75. The van der Waals surface area contributed by atoms with Crippen LogP contribution in [0.4, 0.5) is 0 Å². The zero-order valence-electron chi connectivity index (χ0n) is 7.83. The summed E-state index contributed by atoms with van der Waals surface area (Å²) in [5, 5.41) is 4.77. The van der Waals surface area contributed by atoms with Gasteiger partial charge < -0.3 is 15.4 Å². The summed E-state index contributed by atoms with van der Waals surface area (Å²) in [4.78, 5) is 33.0. The van der Waals surface area contributed by atoms with E-state index in [1.165, 1.54) is 0 Å². The van der Waals surface area contributed by atoms with Gasteiger partial charge in [0.2, 0.25) is 11.8 Å². The van der Waals surface area contributed by atoms with Crippen LogP contribution in [0.5, 0.6) is 0 Å². The molecule has 0 radical (unpaired) electrons. The van der Waals surface area contributed by atoms with Crippen molar-refractivity contribution in [3.8, 4) is 0 Å². The first-order valence-electron chi connectivity index (χ1n) is 4.36. The Hall–Kier alpha value is -1.59. The Bertz CT molecular complexity index is 264. The molecule has 1 fully saturated rings. The van der Waals surface area contributed by atoms with Crippen LogP contribution in [-0.2, 0) is 19.1 Å². The van der Waals surface area contributed by atoms with Crippen LogP contribution >= 0.6 is 0 Å². The molecule has 0 aromatic rings. The Kier molecular flexibility index (Phi) is 3.44. The van der Waals surface area contributed by atoms with Gasteiger partial charge in [-0.25, -0.2) is 0 Å². The Morgan fingerprint density at radius 2 is 2.29 bits per heavy atom. The quantitative estimate of drug-likeness (QED) is 0.546. The van der Waals surface area contributed by atoms with E-state index in [1.807, 2.05) is 0 Å². The highest BCUT2D eigenvalue weighted by Crippen LogP contribution is 1.98. The second-order valence-corrected chi connectivity index (χ2v) is 2.85. The third kappa shape index (κ3) is 2.72. The minimum Gasteiger partial charge on any atom is -0.466 e. The van der Waals surface area contributed by atoms with Crippen LogP contribution in [-0.4, -0.2) is 37.0 Å². The maximum atomic E-state index is 11.1. The Labute approximate surface area is 81.0 Å². The van der Waals surface area contributed by atoms with Gasteiger partial charge in [-0.1, -0.05) is 0 Å². The second-order valence-electron chi connectivity index (χ2n) is 2.85. The van der Waals surface area contributed by atoms with E-state index in [2.05, 4.69) is 15.4 Å². The summed E-state index contributed by atoms with van der Waals surface area (Å²) >= 11 is 0. The van der Waals surface area contributed by atoms with Crippen molar-refractivity contribution < 1.29 is 19.1 Å². The molecule has 1 unspecified atom stereocenters. The molecule has 1 aliphatic heterocycles. The summed E-state index contributed by atoms with van der Waals surface area (Å²) in [5.74, 6) is -1.13. The van der Waals surface area contributed by atoms with Gasteiger partial charge in [0.25, 0.3) is 0 Å². The van der Waals surface area contributed by atoms with Gasteiger partial charge >= 0.3 is 5.97 Å². The van der Waals surface area contributed by atoms with Crippen LogP contribution in [0.25, 0.3) is 0 Å². The van der Waals surface area contributed by atoms with E-state index in [9.17, 15) is 14.4 Å². The monoisotopic (exact) mass is 200 g/mol. The third-order valence-corrected chi connectivity index (χ3v) is 1.75. The molecule has 6 nitrogen and oxygen atoms in total. The zero-order valence-corrected chi connectivity index (χ0v) is 7.83. The highest BCUT2D eigenvalue weighted by atomic mass is 16.5. The summed E-state index contributed by atoms with van der Waals surface area (Å²) in [6.45, 7) is 1.91. The van der Waals surface area contributed by atoms with Crippen molar-refractivity contribution >= 4 is 17.8 Å². The lowest BCUT2D eigenvalue weighted by molar-refractivity contribution is -0.146. The first kappa shape index (κ1) is 10.5. The summed E-state index contributed by atoms with van der Waals surface area (Å²) in [6, 6.07) is -0.796. The van der Waals surface area contributed by atoms with E-state index in [4.69, 9.17) is 0 Å². The topological polar surface area (TPSA) is 84.5 Å². The number of amides is 2. The number of hydrogen-bond acceptors (Lipinski definition) is 4. The van der Waals surface area contributed by atoms with Gasteiger partial charge in [-0.05, 0) is 6.92 Å². The van der Waals surface area contributed by atoms with Gasteiger partial charge in [0.1, 0.15) is 6.04 Å². The van der Waals surface area contributed by atoms with Gasteiger partial charge in [-0.2, -0.15) is 0 Å². The van der Waals surface area contributed by atoms with Gasteiger partial charge in [-0.3, -0.25) is 14.4 Å². The van der Waals surface area contributed by atoms with Gasteiger partial charge in [-0.15, -0.1) is 0 Å². The summed E-state index contributed by atoms with van der Waals surface area (Å²) in [5.41, 5.74) is 0. The fraction of sp³-hybridized carbons (Fsp3) is 0.625. The van der Waals surface area contributed by atoms with E-state index < -0.39 is 12.0 Å². The van der Waals surface area contributed by atoms with E-state index in [1.54, 1.807) is 6.92 Å². The number of ether oxygens (including phenoxy) is 1. The molecule has 78 valence electrons. The highest BCUT2D eigenvalue weighted by Gasteiger charge is 2.28. The number of rotatable bonds is 3. The predicted molar refractivity (Wildman–Crippen MR) is 46.2 cm³/mol. The minimum atomic E-state index is -0.796. The smallest absolute Gasteiger partial charge is 0.308 e. The Morgan fingerprint density at radius 1 is 1.57 bits per heavy atom. The summed E-state index contributed by atoms with van der Waals surface area (Å²) in [6.07, 6.45) is -0.120. The molecule has 1 saturated heterocycles. The lowest BCUT2D eigenvalue weighted by atomic mass is 10.1. The molecular weight excluding hydrogens is 188 g/mol. The van der Waals surface area contributed by atoms with Gasteiger partial charge in [0.15, 0.2) is 0 Å². The fourth-order valence-corrected chi connectivity index (χ4v) is 1.13. The molecule has 0 aliphatic carbocycles. The zero-order chi connectivity index (χ0) is 10.6. The molecule has 6 heteroatoms. The number of esters is 1. The van der Waals surface area contributed by atoms with Crippen molar-refractivity contribution in [3.05, 3.63) is 0 Å². The van der Waals surface area contributed by atoms with Crippen LogP contribution in [0.1, 0.15) is 13.3 Å². The first-order valence-corrected chi connectivity index (χ1v) is 4.36. The van der Waals surface area contributed by atoms with Gasteiger partial charge in [0.05, 0.1) is 19.6 Å². The molecule has 0 spiro atoms. The lowest BCUT2D eigenvalue weighted by Crippen LogP contribution is -2.56.